The van der Waals surface area contributed by atoms with E-state index in [1.807, 2.05) is 19.1 Å². The molecule has 0 radical (unpaired) electrons. The van der Waals surface area contributed by atoms with Crippen LogP contribution in [0.5, 0.6) is 5.75 Å². The van der Waals surface area contributed by atoms with Gasteiger partial charge in [0.1, 0.15) is 5.75 Å². The lowest BCUT2D eigenvalue weighted by molar-refractivity contribution is -0.118. The number of rotatable bonds is 5. The van der Waals surface area contributed by atoms with Gasteiger partial charge in [-0.25, -0.2) is 0 Å². The van der Waals surface area contributed by atoms with Gasteiger partial charge in [-0.1, -0.05) is 50.2 Å². The first-order valence-electron chi connectivity index (χ1n) is 9.59. The standard InChI is InChI=1S/C24H25NO2/c1-15(2)19-11-7-16(3)13-22(19)27-14-23(26)25-21-12-10-18-9-8-17-5-4-6-20(21)24(17)18/h4-7,10-13,15H,8-9,14H2,1-3H3,(H,25,26). The average molecular weight is 359 g/mol. The summed E-state index contributed by atoms with van der Waals surface area (Å²) in [7, 11) is 0. The molecular weight excluding hydrogens is 334 g/mol. The molecule has 0 fully saturated rings. The first kappa shape index (κ1) is 17.6. The summed E-state index contributed by atoms with van der Waals surface area (Å²) in [6, 6.07) is 16.6. The molecule has 138 valence electrons. The fraction of sp³-hybridized carbons (Fsp3) is 0.292. The van der Waals surface area contributed by atoms with Crippen molar-refractivity contribution in [3.05, 3.63) is 70.8 Å². The molecule has 1 aliphatic carbocycles. The normalized spacial score (nSPS) is 12.6. The van der Waals surface area contributed by atoms with Crippen molar-refractivity contribution in [2.24, 2.45) is 0 Å². The van der Waals surface area contributed by atoms with E-state index in [9.17, 15) is 4.79 Å². The molecule has 0 aromatic heterocycles. The van der Waals surface area contributed by atoms with Gasteiger partial charge in [-0.2, -0.15) is 0 Å². The molecule has 0 saturated heterocycles. The third-order valence-electron chi connectivity index (χ3n) is 5.30. The van der Waals surface area contributed by atoms with E-state index in [2.05, 4.69) is 55.6 Å². The first-order chi connectivity index (χ1) is 13.0. The molecular formula is C24H25NO2. The van der Waals surface area contributed by atoms with Crippen LogP contribution in [-0.2, 0) is 17.6 Å². The molecule has 3 heteroatoms. The number of carbonyl (C=O) groups excluding carboxylic acids is 1. The number of hydrogen-bond acceptors (Lipinski definition) is 2. The lowest BCUT2D eigenvalue weighted by Gasteiger charge is -2.15. The van der Waals surface area contributed by atoms with Gasteiger partial charge in [-0.05, 0) is 65.5 Å². The van der Waals surface area contributed by atoms with E-state index in [0.29, 0.717) is 5.92 Å². The quantitative estimate of drug-likeness (QED) is 0.663. The second-order valence-corrected chi connectivity index (χ2v) is 7.64. The third-order valence-corrected chi connectivity index (χ3v) is 5.30. The lowest BCUT2D eigenvalue weighted by atomic mass is 10.0. The van der Waals surface area contributed by atoms with Crippen molar-refractivity contribution in [2.45, 2.75) is 39.5 Å². The van der Waals surface area contributed by atoms with Crippen LogP contribution in [0.4, 0.5) is 5.69 Å². The number of ether oxygens (including phenoxy) is 1. The van der Waals surface area contributed by atoms with E-state index < -0.39 is 0 Å². The molecule has 0 atom stereocenters. The average Bonchev–Trinajstić information content (AvgIpc) is 3.07. The number of hydrogen-bond donors (Lipinski definition) is 1. The Morgan fingerprint density at radius 2 is 1.85 bits per heavy atom. The van der Waals surface area contributed by atoms with Crippen LogP contribution in [0.2, 0.25) is 0 Å². The lowest BCUT2D eigenvalue weighted by Crippen LogP contribution is -2.20. The first-order valence-corrected chi connectivity index (χ1v) is 9.59. The van der Waals surface area contributed by atoms with Crippen molar-refractivity contribution in [2.75, 3.05) is 11.9 Å². The van der Waals surface area contributed by atoms with Crippen LogP contribution < -0.4 is 10.1 Å². The summed E-state index contributed by atoms with van der Waals surface area (Å²) in [4.78, 5) is 12.5. The molecule has 0 unspecified atom stereocenters. The topological polar surface area (TPSA) is 38.3 Å². The predicted octanol–water partition coefficient (Wildman–Crippen LogP) is 5.39. The zero-order valence-electron chi connectivity index (χ0n) is 16.1. The molecule has 1 aliphatic rings. The van der Waals surface area contributed by atoms with Crippen molar-refractivity contribution in [3.8, 4) is 5.75 Å². The minimum Gasteiger partial charge on any atom is -0.483 e. The maximum absolute atomic E-state index is 12.5. The molecule has 3 aromatic rings. The molecule has 0 saturated carbocycles. The summed E-state index contributed by atoms with van der Waals surface area (Å²) in [5.74, 6) is 1.01. The number of anilines is 1. The van der Waals surface area contributed by atoms with E-state index in [0.717, 1.165) is 40.8 Å². The summed E-state index contributed by atoms with van der Waals surface area (Å²) in [5, 5.41) is 5.46. The van der Waals surface area contributed by atoms with Gasteiger partial charge in [-0.15, -0.1) is 0 Å². The summed E-state index contributed by atoms with van der Waals surface area (Å²) < 4.78 is 5.87. The van der Waals surface area contributed by atoms with E-state index in [1.54, 1.807) is 0 Å². The summed E-state index contributed by atoms with van der Waals surface area (Å²) in [5.41, 5.74) is 5.85. The van der Waals surface area contributed by atoms with Gasteiger partial charge in [0.05, 0.1) is 0 Å². The van der Waals surface area contributed by atoms with Crippen LogP contribution >= 0.6 is 0 Å². The zero-order chi connectivity index (χ0) is 19.0. The Balaban J connectivity index is 1.52. The second kappa shape index (κ2) is 7.07. The molecule has 0 aliphatic heterocycles. The third kappa shape index (κ3) is 3.42. The van der Waals surface area contributed by atoms with Gasteiger partial charge in [0, 0.05) is 11.1 Å². The predicted molar refractivity (Wildman–Crippen MR) is 111 cm³/mol. The van der Waals surface area contributed by atoms with Crippen LogP contribution in [-0.4, -0.2) is 12.5 Å². The molecule has 4 rings (SSSR count). The van der Waals surface area contributed by atoms with E-state index in [1.165, 1.54) is 16.5 Å². The van der Waals surface area contributed by atoms with Gasteiger partial charge in [-0.3, -0.25) is 4.79 Å². The molecule has 0 bridgehead atoms. The Labute approximate surface area is 160 Å². The number of carbonyl (C=O) groups is 1. The van der Waals surface area contributed by atoms with Crippen molar-refractivity contribution in [1.82, 2.24) is 0 Å². The molecule has 0 heterocycles. The maximum Gasteiger partial charge on any atom is 0.262 e. The Morgan fingerprint density at radius 3 is 2.63 bits per heavy atom. The number of benzene rings is 3. The zero-order valence-corrected chi connectivity index (χ0v) is 16.1. The molecule has 0 spiro atoms. The Morgan fingerprint density at radius 1 is 1.07 bits per heavy atom. The SMILES string of the molecule is Cc1ccc(C(C)C)c(OCC(=O)Nc2ccc3c4c(cccc24)CC3)c1. The van der Waals surface area contributed by atoms with Crippen LogP contribution in [0.15, 0.2) is 48.5 Å². The van der Waals surface area contributed by atoms with Gasteiger partial charge in [0.2, 0.25) is 0 Å². The van der Waals surface area contributed by atoms with Crippen molar-refractivity contribution in [3.63, 3.8) is 0 Å². The van der Waals surface area contributed by atoms with Gasteiger partial charge in [0.25, 0.3) is 5.91 Å². The highest BCUT2D eigenvalue weighted by Crippen LogP contribution is 2.35. The number of nitrogens with one attached hydrogen (secondary N) is 1. The highest BCUT2D eigenvalue weighted by atomic mass is 16.5. The van der Waals surface area contributed by atoms with E-state index in [4.69, 9.17) is 4.74 Å². The minimum atomic E-state index is -0.134. The number of amides is 1. The van der Waals surface area contributed by atoms with Gasteiger partial charge >= 0.3 is 0 Å². The fourth-order valence-electron chi connectivity index (χ4n) is 3.93. The molecule has 3 aromatic carbocycles. The van der Waals surface area contributed by atoms with Crippen molar-refractivity contribution in [1.29, 1.82) is 0 Å². The Bertz CT molecular complexity index is 1010. The van der Waals surface area contributed by atoms with Crippen molar-refractivity contribution >= 4 is 22.4 Å². The molecule has 27 heavy (non-hydrogen) atoms. The second-order valence-electron chi connectivity index (χ2n) is 7.64. The summed E-state index contributed by atoms with van der Waals surface area (Å²) in [6.45, 7) is 6.30. The summed E-state index contributed by atoms with van der Waals surface area (Å²) in [6.07, 6.45) is 2.16. The van der Waals surface area contributed by atoms with Crippen LogP contribution in [0, 0.1) is 6.92 Å². The molecule has 1 N–H and O–H groups in total. The van der Waals surface area contributed by atoms with Gasteiger partial charge in [0.15, 0.2) is 6.61 Å². The van der Waals surface area contributed by atoms with E-state index >= 15 is 0 Å². The largest absolute Gasteiger partial charge is 0.483 e. The van der Waals surface area contributed by atoms with Crippen LogP contribution in [0.25, 0.3) is 10.8 Å². The number of aryl methyl sites for hydroxylation is 3. The monoisotopic (exact) mass is 359 g/mol. The fourth-order valence-corrected chi connectivity index (χ4v) is 3.93. The summed E-state index contributed by atoms with van der Waals surface area (Å²) >= 11 is 0. The maximum atomic E-state index is 12.5. The molecule has 1 amide bonds. The highest BCUT2D eigenvalue weighted by Gasteiger charge is 2.17. The Kier molecular flexibility index (Phi) is 4.61. The minimum absolute atomic E-state index is 0.00606. The van der Waals surface area contributed by atoms with Crippen molar-refractivity contribution < 1.29 is 9.53 Å². The smallest absolute Gasteiger partial charge is 0.262 e. The molecule has 3 nitrogen and oxygen atoms in total. The van der Waals surface area contributed by atoms with Crippen LogP contribution in [0.1, 0.15) is 42.0 Å². The van der Waals surface area contributed by atoms with Gasteiger partial charge < -0.3 is 10.1 Å². The highest BCUT2D eigenvalue weighted by molar-refractivity contribution is 6.05. The Hall–Kier alpha value is -2.81. The van der Waals surface area contributed by atoms with E-state index in [-0.39, 0.29) is 12.5 Å². The van der Waals surface area contributed by atoms with Crippen LogP contribution in [0.3, 0.4) is 0 Å².